The third-order valence-electron chi connectivity index (χ3n) is 3.22. The number of rotatable bonds is 1. The summed E-state index contributed by atoms with van der Waals surface area (Å²) in [4.78, 5) is 10.7. The standard InChI is InChI=1S/C10H15NO2/c12-9(13)8-6-10(7-11-8)4-2-1-3-5-10/h1-2,8,11H,3-7H2,(H,12,13). The van der Waals surface area contributed by atoms with Crippen molar-refractivity contribution in [3.05, 3.63) is 12.2 Å². The lowest BCUT2D eigenvalue weighted by Crippen LogP contribution is -2.30. The Hall–Kier alpha value is -0.830. The van der Waals surface area contributed by atoms with Crippen molar-refractivity contribution in [2.45, 2.75) is 31.7 Å². The minimum atomic E-state index is -0.702. The van der Waals surface area contributed by atoms with E-state index in [1.807, 2.05) is 0 Å². The summed E-state index contributed by atoms with van der Waals surface area (Å²) < 4.78 is 0. The van der Waals surface area contributed by atoms with Crippen LogP contribution < -0.4 is 5.32 Å². The van der Waals surface area contributed by atoms with E-state index < -0.39 is 5.97 Å². The molecule has 72 valence electrons. The van der Waals surface area contributed by atoms with Gasteiger partial charge in [-0.25, -0.2) is 0 Å². The van der Waals surface area contributed by atoms with Crippen molar-refractivity contribution < 1.29 is 9.90 Å². The molecule has 0 aromatic rings. The van der Waals surface area contributed by atoms with Gasteiger partial charge in [-0.1, -0.05) is 12.2 Å². The van der Waals surface area contributed by atoms with Crippen molar-refractivity contribution >= 4 is 5.97 Å². The van der Waals surface area contributed by atoms with Crippen LogP contribution in [0.3, 0.4) is 0 Å². The van der Waals surface area contributed by atoms with Crippen molar-refractivity contribution in [3.63, 3.8) is 0 Å². The molecular weight excluding hydrogens is 166 g/mol. The molecule has 0 amide bonds. The molecule has 1 spiro atoms. The molecule has 1 saturated heterocycles. The van der Waals surface area contributed by atoms with E-state index in [0.29, 0.717) is 0 Å². The fourth-order valence-electron chi connectivity index (χ4n) is 2.38. The van der Waals surface area contributed by atoms with Gasteiger partial charge in [0, 0.05) is 6.54 Å². The third kappa shape index (κ3) is 1.61. The average molecular weight is 181 g/mol. The van der Waals surface area contributed by atoms with Gasteiger partial charge in [-0.3, -0.25) is 4.79 Å². The minimum Gasteiger partial charge on any atom is -0.480 e. The zero-order valence-corrected chi connectivity index (χ0v) is 7.62. The molecule has 0 radical (unpaired) electrons. The molecule has 2 N–H and O–H groups in total. The third-order valence-corrected chi connectivity index (χ3v) is 3.22. The number of hydrogen-bond acceptors (Lipinski definition) is 2. The van der Waals surface area contributed by atoms with E-state index in [-0.39, 0.29) is 11.5 Å². The summed E-state index contributed by atoms with van der Waals surface area (Å²) in [6.45, 7) is 0.869. The monoisotopic (exact) mass is 181 g/mol. The van der Waals surface area contributed by atoms with Crippen LogP contribution in [0.2, 0.25) is 0 Å². The second-order valence-corrected chi connectivity index (χ2v) is 4.19. The Morgan fingerprint density at radius 1 is 1.54 bits per heavy atom. The lowest BCUT2D eigenvalue weighted by molar-refractivity contribution is -0.139. The van der Waals surface area contributed by atoms with Gasteiger partial charge in [-0.15, -0.1) is 0 Å². The van der Waals surface area contributed by atoms with Crippen molar-refractivity contribution in [3.8, 4) is 0 Å². The zero-order valence-electron chi connectivity index (χ0n) is 7.62. The van der Waals surface area contributed by atoms with Crippen molar-refractivity contribution in [1.29, 1.82) is 0 Å². The summed E-state index contributed by atoms with van der Waals surface area (Å²) in [7, 11) is 0. The molecular formula is C10H15NO2. The van der Waals surface area contributed by atoms with Crippen LogP contribution in [0, 0.1) is 5.41 Å². The summed E-state index contributed by atoms with van der Waals surface area (Å²) in [5.41, 5.74) is 0.248. The second kappa shape index (κ2) is 3.14. The maximum atomic E-state index is 10.7. The van der Waals surface area contributed by atoms with Gasteiger partial charge in [0.15, 0.2) is 0 Å². The molecule has 3 nitrogen and oxygen atoms in total. The fraction of sp³-hybridized carbons (Fsp3) is 0.700. The molecule has 1 aliphatic heterocycles. The molecule has 2 rings (SSSR count). The summed E-state index contributed by atoms with van der Waals surface area (Å²) in [6, 6.07) is -0.313. The minimum absolute atomic E-state index is 0.248. The van der Waals surface area contributed by atoms with Gasteiger partial charge in [-0.05, 0) is 31.1 Å². The molecule has 1 heterocycles. The average Bonchev–Trinajstić information content (AvgIpc) is 2.51. The fourth-order valence-corrected chi connectivity index (χ4v) is 2.38. The second-order valence-electron chi connectivity index (χ2n) is 4.19. The van der Waals surface area contributed by atoms with E-state index in [4.69, 9.17) is 5.11 Å². The zero-order chi connectivity index (χ0) is 9.31. The number of carboxylic acid groups (broad SMARTS) is 1. The lowest BCUT2D eigenvalue weighted by Gasteiger charge is -2.29. The highest BCUT2D eigenvalue weighted by atomic mass is 16.4. The number of allylic oxidation sites excluding steroid dienone is 2. The van der Waals surface area contributed by atoms with Gasteiger partial charge in [0.05, 0.1) is 0 Å². The highest BCUT2D eigenvalue weighted by Crippen LogP contribution is 2.40. The molecule has 13 heavy (non-hydrogen) atoms. The Kier molecular flexibility index (Phi) is 2.12. The Bertz CT molecular complexity index is 249. The SMILES string of the molecule is O=C(O)C1CC2(CC=CCC2)CN1. The van der Waals surface area contributed by atoms with E-state index in [0.717, 1.165) is 32.2 Å². The van der Waals surface area contributed by atoms with Crippen LogP contribution in [0.15, 0.2) is 12.2 Å². The molecule has 0 aromatic heterocycles. The Morgan fingerprint density at radius 3 is 2.92 bits per heavy atom. The molecule has 1 fully saturated rings. The number of aliphatic carboxylic acids is 1. The number of nitrogens with one attached hydrogen (secondary N) is 1. The quantitative estimate of drug-likeness (QED) is 0.597. The predicted molar refractivity (Wildman–Crippen MR) is 49.5 cm³/mol. The predicted octanol–water partition coefficient (Wildman–Crippen LogP) is 1.16. The first kappa shape index (κ1) is 8.75. The van der Waals surface area contributed by atoms with Gasteiger partial charge in [0.1, 0.15) is 6.04 Å². The first-order valence-electron chi connectivity index (χ1n) is 4.83. The van der Waals surface area contributed by atoms with Gasteiger partial charge in [-0.2, -0.15) is 0 Å². The first-order valence-corrected chi connectivity index (χ1v) is 4.83. The Balaban J connectivity index is 2.03. The molecule has 2 atom stereocenters. The van der Waals surface area contributed by atoms with Gasteiger partial charge in [0.25, 0.3) is 0 Å². The number of hydrogen-bond donors (Lipinski definition) is 2. The Labute approximate surface area is 77.8 Å². The highest BCUT2D eigenvalue weighted by Gasteiger charge is 2.41. The maximum absolute atomic E-state index is 10.7. The van der Waals surface area contributed by atoms with E-state index in [1.54, 1.807) is 0 Å². The van der Waals surface area contributed by atoms with Crippen LogP contribution in [0.25, 0.3) is 0 Å². The summed E-state index contributed by atoms with van der Waals surface area (Å²) in [5.74, 6) is -0.702. The topological polar surface area (TPSA) is 49.3 Å². The molecule has 2 unspecified atom stereocenters. The summed E-state index contributed by atoms with van der Waals surface area (Å²) in [6.07, 6.45) is 8.47. The van der Waals surface area contributed by atoms with Crippen molar-refractivity contribution in [2.75, 3.05) is 6.54 Å². The van der Waals surface area contributed by atoms with Crippen LogP contribution in [-0.2, 0) is 4.79 Å². The van der Waals surface area contributed by atoms with E-state index in [9.17, 15) is 4.79 Å². The van der Waals surface area contributed by atoms with Crippen LogP contribution in [0.1, 0.15) is 25.7 Å². The molecule has 2 aliphatic rings. The molecule has 1 aliphatic carbocycles. The van der Waals surface area contributed by atoms with Crippen LogP contribution >= 0.6 is 0 Å². The van der Waals surface area contributed by atoms with Crippen LogP contribution in [0.5, 0.6) is 0 Å². The van der Waals surface area contributed by atoms with E-state index in [2.05, 4.69) is 17.5 Å². The Morgan fingerprint density at radius 2 is 2.38 bits per heavy atom. The molecule has 0 saturated carbocycles. The summed E-state index contributed by atoms with van der Waals surface area (Å²) in [5, 5.41) is 11.9. The van der Waals surface area contributed by atoms with Crippen LogP contribution in [-0.4, -0.2) is 23.7 Å². The van der Waals surface area contributed by atoms with Gasteiger partial charge < -0.3 is 10.4 Å². The van der Waals surface area contributed by atoms with Crippen molar-refractivity contribution in [1.82, 2.24) is 5.32 Å². The van der Waals surface area contributed by atoms with Gasteiger partial charge >= 0.3 is 5.97 Å². The molecule has 0 aromatic carbocycles. The normalized spacial score (nSPS) is 38.3. The number of carboxylic acids is 1. The first-order chi connectivity index (χ1) is 6.22. The largest absolute Gasteiger partial charge is 0.480 e. The smallest absolute Gasteiger partial charge is 0.320 e. The van der Waals surface area contributed by atoms with Gasteiger partial charge in [0.2, 0.25) is 0 Å². The highest BCUT2D eigenvalue weighted by molar-refractivity contribution is 5.74. The van der Waals surface area contributed by atoms with Crippen molar-refractivity contribution in [2.24, 2.45) is 5.41 Å². The summed E-state index contributed by atoms with van der Waals surface area (Å²) >= 11 is 0. The van der Waals surface area contributed by atoms with E-state index >= 15 is 0 Å². The molecule has 3 heteroatoms. The number of carbonyl (C=O) groups is 1. The lowest BCUT2D eigenvalue weighted by atomic mass is 9.75. The molecule has 0 bridgehead atoms. The van der Waals surface area contributed by atoms with E-state index in [1.165, 1.54) is 0 Å². The maximum Gasteiger partial charge on any atom is 0.320 e. The van der Waals surface area contributed by atoms with Crippen LogP contribution in [0.4, 0.5) is 0 Å².